The van der Waals surface area contributed by atoms with Gasteiger partial charge in [0.25, 0.3) is 0 Å². The van der Waals surface area contributed by atoms with Gasteiger partial charge in [-0.15, -0.1) is 0 Å². The molecule has 1 aromatic heterocycles. The first-order chi connectivity index (χ1) is 23.6. The number of nitrogens with one attached hydrogen (secondary N) is 1. The molecule has 0 spiro atoms. The van der Waals surface area contributed by atoms with E-state index in [1.165, 1.54) is 13.2 Å². The molecule has 8 N–H and O–H groups in total. The minimum absolute atomic E-state index is 0.0343. The number of nitrogens with zero attached hydrogens (tertiary/aromatic N) is 1. The number of aryl methyl sites for hydroxylation is 1. The van der Waals surface area contributed by atoms with E-state index in [0.717, 1.165) is 11.1 Å². The zero-order chi connectivity index (χ0) is 35.1. The molecular weight excluding hydrogens is 634 g/mol. The lowest BCUT2D eigenvalue weighted by molar-refractivity contribution is -0.142. The van der Waals surface area contributed by atoms with Gasteiger partial charge in [0.1, 0.15) is 12.4 Å². The number of anilines is 1. The summed E-state index contributed by atoms with van der Waals surface area (Å²) in [5, 5.41) is 54.5. The Morgan fingerprint density at radius 3 is 2.57 bits per heavy atom. The number of pyridine rings is 1. The molecule has 1 aliphatic heterocycles. The Bertz CT molecular complexity index is 1620. The SMILES string of the molecule is CCN[C@H](COc1cc([C@@H]2C[C@@H](O)C[C@H](CCc3ccc(O)c(OCO)c3)O2)cc(OC)c1O)[C@@H]1[C@@H](C(=O)O)C=C[C@H]1c1ccnc(N)c1. The molecule has 0 radical (unpaired) electrons. The monoisotopic (exact) mass is 679 g/mol. The Balaban J connectivity index is 1.34. The lowest BCUT2D eigenvalue weighted by Crippen LogP contribution is -2.46. The van der Waals surface area contributed by atoms with Gasteiger partial charge in [-0.05, 0) is 78.9 Å². The number of ether oxygens (including phenoxy) is 4. The van der Waals surface area contributed by atoms with Crippen LogP contribution in [-0.2, 0) is 16.0 Å². The zero-order valence-corrected chi connectivity index (χ0v) is 27.6. The van der Waals surface area contributed by atoms with Crippen LogP contribution in [0.3, 0.4) is 0 Å². The van der Waals surface area contributed by atoms with E-state index in [4.69, 9.17) is 29.8 Å². The number of phenols is 2. The Morgan fingerprint density at radius 2 is 1.86 bits per heavy atom. The lowest BCUT2D eigenvalue weighted by Gasteiger charge is -2.34. The van der Waals surface area contributed by atoms with Crippen molar-refractivity contribution in [1.29, 1.82) is 0 Å². The second kappa shape index (κ2) is 16.2. The number of benzene rings is 2. The average Bonchev–Trinajstić information content (AvgIpc) is 3.53. The molecule has 13 heteroatoms. The number of carboxylic acid groups (broad SMARTS) is 1. The van der Waals surface area contributed by atoms with Gasteiger partial charge >= 0.3 is 5.97 Å². The fourth-order valence-electron chi connectivity index (χ4n) is 6.89. The number of rotatable bonds is 15. The van der Waals surface area contributed by atoms with Crippen molar-refractivity contribution < 1.29 is 49.3 Å². The minimum atomic E-state index is -0.952. The minimum Gasteiger partial charge on any atom is -0.504 e. The predicted octanol–water partition coefficient (Wildman–Crippen LogP) is 3.65. The number of allylic oxidation sites excluding steroid dienone is 1. The number of nitrogen functional groups attached to an aromatic ring is 1. The standard InChI is InChI=1S/C36H45N3O10/c1-3-38-27(34-25(7-8-26(34)36(44)45)21-10-11-39-33(37)15-21)18-47-32-14-22(13-31(46-2)35(32)43)29-17-23(41)16-24(49-29)6-4-20-5-9-28(42)30(12-20)48-19-40/h5,7-15,23-27,29,34,38,40-43H,3-4,6,16-19H2,1-2H3,(H2,37,39)(H,44,45)/t23-,24-,25-,26-,27+,29-,34-/m0/s1. The Morgan fingerprint density at radius 1 is 1.06 bits per heavy atom. The summed E-state index contributed by atoms with van der Waals surface area (Å²) in [6.07, 6.45) is 5.63. The van der Waals surface area contributed by atoms with Crippen molar-refractivity contribution in [2.75, 3.05) is 32.8 Å². The van der Waals surface area contributed by atoms with E-state index < -0.39 is 42.8 Å². The number of hydrogen-bond donors (Lipinski definition) is 7. The maximum Gasteiger partial charge on any atom is 0.310 e. The first kappa shape index (κ1) is 35.7. The Labute approximate surface area is 284 Å². The lowest BCUT2D eigenvalue weighted by atomic mass is 9.79. The van der Waals surface area contributed by atoms with Crippen molar-refractivity contribution in [3.63, 3.8) is 0 Å². The largest absolute Gasteiger partial charge is 0.504 e. The quantitative estimate of drug-likeness (QED) is 0.0906. The molecule has 2 aromatic carbocycles. The van der Waals surface area contributed by atoms with E-state index >= 15 is 0 Å². The summed E-state index contributed by atoms with van der Waals surface area (Å²) < 4.78 is 23.3. The summed E-state index contributed by atoms with van der Waals surface area (Å²) in [5.74, 6) is -1.88. The van der Waals surface area contributed by atoms with Crippen molar-refractivity contribution in [2.45, 2.75) is 62.9 Å². The van der Waals surface area contributed by atoms with Gasteiger partial charge in [0.2, 0.25) is 5.75 Å². The number of likely N-dealkylation sites (N-methyl/N-ethyl adjacent to an activating group) is 1. The molecule has 0 bridgehead atoms. The third-order valence-electron chi connectivity index (χ3n) is 9.21. The van der Waals surface area contributed by atoms with Crippen LogP contribution in [0.25, 0.3) is 0 Å². The van der Waals surface area contributed by atoms with Crippen molar-refractivity contribution in [1.82, 2.24) is 10.3 Å². The first-order valence-electron chi connectivity index (χ1n) is 16.4. The molecule has 0 unspecified atom stereocenters. The van der Waals surface area contributed by atoms with Crippen LogP contribution in [0, 0.1) is 11.8 Å². The fraction of sp³-hybridized carbons (Fsp3) is 0.444. The summed E-state index contributed by atoms with van der Waals surface area (Å²) in [5.41, 5.74) is 8.32. The molecular formula is C36H45N3O10. The molecule has 49 heavy (non-hydrogen) atoms. The summed E-state index contributed by atoms with van der Waals surface area (Å²) in [7, 11) is 1.43. The topological polar surface area (TPSA) is 206 Å². The maximum absolute atomic E-state index is 12.4. The molecule has 1 aliphatic carbocycles. The summed E-state index contributed by atoms with van der Waals surface area (Å²) in [4.78, 5) is 16.4. The Kier molecular flexibility index (Phi) is 11.8. The predicted molar refractivity (Wildman–Crippen MR) is 180 cm³/mol. The number of methoxy groups -OCH3 is 1. The number of phenolic OH excluding ortho intramolecular Hbond substituents is 2. The highest BCUT2D eigenvalue weighted by Gasteiger charge is 2.42. The zero-order valence-electron chi connectivity index (χ0n) is 27.6. The third-order valence-corrected chi connectivity index (χ3v) is 9.21. The van der Waals surface area contributed by atoms with Crippen molar-refractivity contribution >= 4 is 11.8 Å². The number of aromatic nitrogens is 1. The smallest absolute Gasteiger partial charge is 0.310 e. The van der Waals surface area contributed by atoms with Gasteiger partial charge in [0, 0.05) is 30.5 Å². The van der Waals surface area contributed by atoms with Crippen LogP contribution in [0.1, 0.15) is 54.9 Å². The molecule has 0 saturated carbocycles. The van der Waals surface area contributed by atoms with E-state index in [2.05, 4.69) is 10.3 Å². The van der Waals surface area contributed by atoms with Gasteiger partial charge in [0.15, 0.2) is 29.8 Å². The summed E-state index contributed by atoms with van der Waals surface area (Å²) >= 11 is 0. The normalized spacial score (nSPS) is 24.0. The molecule has 264 valence electrons. The first-order valence-corrected chi connectivity index (χ1v) is 16.4. The highest BCUT2D eigenvalue weighted by molar-refractivity contribution is 5.74. The highest BCUT2D eigenvalue weighted by atomic mass is 16.6. The fourth-order valence-corrected chi connectivity index (χ4v) is 6.89. The molecule has 7 atom stereocenters. The van der Waals surface area contributed by atoms with Gasteiger partial charge in [-0.3, -0.25) is 4.79 Å². The van der Waals surface area contributed by atoms with Gasteiger partial charge < -0.3 is 55.5 Å². The van der Waals surface area contributed by atoms with Gasteiger partial charge in [-0.1, -0.05) is 25.1 Å². The van der Waals surface area contributed by atoms with E-state index in [9.17, 15) is 25.2 Å². The number of hydrogen-bond acceptors (Lipinski definition) is 12. The molecule has 2 heterocycles. The summed E-state index contributed by atoms with van der Waals surface area (Å²) in [6, 6.07) is 11.4. The van der Waals surface area contributed by atoms with E-state index in [-0.39, 0.29) is 47.4 Å². The number of carboxylic acids is 1. The van der Waals surface area contributed by atoms with E-state index in [1.54, 1.807) is 42.6 Å². The van der Waals surface area contributed by atoms with Crippen molar-refractivity contribution in [3.05, 3.63) is 77.5 Å². The second-order valence-electron chi connectivity index (χ2n) is 12.4. The summed E-state index contributed by atoms with van der Waals surface area (Å²) in [6.45, 7) is 1.95. The molecule has 13 nitrogen and oxygen atoms in total. The number of carbonyl (C=O) groups is 1. The van der Waals surface area contributed by atoms with Gasteiger partial charge in [-0.2, -0.15) is 0 Å². The highest BCUT2D eigenvalue weighted by Crippen LogP contribution is 2.44. The van der Waals surface area contributed by atoms with Crippen LogP contribution < -0.4 is 25.3 Å². The average molecular weight is 680 g/mol. The van der Waals surface area contributed by atoms with Crippen LogP contribution >= 0.6 is 0 Å². The van der Waals surface area contributed by atoms with Crippen molar-refractivity contribution in [3.8, 4) is 28.7 Å². The van der Waals surface area contributed by atoms with Crippen LogP contribution in [0.5, 0.6) is 28.7 Å². The van der Waals surface area contributed by atoms with Crippen LogP contribution in [0.4, 0.5) is 5.82 Å². The van der Waals surface area contributed by atoms with Gasteiger partial charge in [-0.25, -0.2) is 4.98 Å². The van der Waals surface area contributed by atoms with Crippen LogP contribution in [0.2, 0.25) is 0 Å². The molecule has 5 rings (SSSR count). The van der Waals surface area contributed by atoms with Gasteiger partial charge in [0.05, 0.1) is 31.3 Å². The number of aromatic hydroxyl groups is 2. The van der Waals surface area contributed by atoms with Crippen LogP contribution in [0.15, 0.2) is 60.8 Å². The van der Waals surface area contributed by atoms with E-state index in [1.807, 2.05) is 19.1 Å². The molecule has 1 saturated heterocycles. The number of aliphatic hydroxyl groups excluding tert-OH is 2. The number of nitrogens with two attached hydrogens (primary N) is 1. The molecule has 1 fully saturated rings. The second-order valence-corrected chi connectivity index (χ2v) is 12.4. The molecule has 2 aliphatic rings. The maximum atomic E-state index is 12.4. The number of aliphatic hydroxyl groups is 2. The number of aliphatic carboxylic acids is 1. The van der Waals surface area contributed by atoms with E-state index in [0.29, 0.717) is 43.6 Å². The van der Waals surface area contributed by atoms with Crippen LogP contribution in [-0.4, -0.2) is 81.8 Å². The molecule has 0 amide bonds. The van der Waals surface area contributed by atoms with Crippen molar-refractivity contribution in [2.24, 2.45) is 11.8 Å². The Hall–Kier alpha value is -4.56. The molecule has 3 aromatic rings. The third kappa shape index (κ3) is 8.54.